The lowest BCUT2D eigenvalue weighted by molar-refractivity contribution is -0.140. The number of methoxy groups -OCH3 is 1. The molecule has 13 heavy (non-hydrogen) atoms. The van der Waals surface area contributed by atoms with Gasteiger partial charge >= 0.3 is 5.97 Å². The van der Waals surface area contributed by atoms with E-state index in [0.29, 0.717) is 13.0 Å². The molecule has 0 radical (unpaired) electrons. The molecule has 4 heteroatoms. The molecule has 0 atom stereocenters. The van der Waals surface area contributed by atoms with Gasteiger partial charge in [0.25, 0.3) is 0 Å². The Labute approximate surface area is 77.3 Å². The lowest BCUT2D eigenvalue weighted by Crippen LogP contribution is -2.18. The third-order valence-corrected chi connectivity index (χ3v) is 1.71. The Morgan fingerprint density at radius 2 is 2.54 bits per heavy atom. The maximum Gasteiger partial charge on any atom is 0.306 e. The monoisotopic (exact) mass is 182 g/mol. The van der Waals surface area contributed by atoms with Crippen molar-refractivity contribution >= 4 is 5.97 Å². The van der Waals surface area contributed by atoms with Gasteiger partial charge < -0.3 is 15.0 Å². The van der Waals surface area contributed by atoms with Gasteiger partial charge in [-0.1, -0.05) is 0 Å². The highest BCUT2D eigenvalue weighted by Crippen LogP contribution is 1.92. The Hall–Kier alpha value is -1.29. The minimum Gasteiger partial charge on any atom is -0.469 e. The van der Waals surface area contributed by atoms with Crippen molar-refractivity contribution in [3.8, 4) is 0 Å². The minimum absolute atomic E-state index is 0.181. The lowest BCUT2D eigenvalue weighted by Gasteiger charge is -2.01. The van der Waals surface area contributed by atoms with Gasteiger partial charge in [-0.25, -0.2) is 0 Å². The minimum atomic E-state index is -0.181. The van der Waals surface area contributed by atoms with E-state index in [9.17, 15) is 4.79 Å². The summed E-state index contributed by atoms with van der Waals surface area (Å²) in [6.45, 7) is 1.40. The average Bonchev–Trinajstić information content (AvgIpc) is 2.64. The number of carbonyl (C=O) groups excluding carboxylic acids is 1. The standard InChI is InChI=1S/C9H14N2O2/c1-13-9(12)4-6-10-7-8-3-2-5-11-8/h2-3,5,10-11H,4,6-7H2,1H3. The Morgan fingerprint density at radius 3 is 3.15 bits per heavy atom. The Morgan fingerprint density at radius 1 is 1.69 bits per heavy atom. The number of ether oxygens (including phenoxy) is 1. The average molecular weight is 182 g/mol. The molecule has 72 valence electrons. The summed E-state index contributed by atoms with van der Waals surface area (Å²) in [4.78, 5) is 13.8. The van der Waals surface area contributed by atoms with Crippen LogP contribution in [0.15, 0.2) is 18.3 Å². The number of nitrogens with one attached hydrogen (secondary N) is 2. The van der Waals surface area contributed by atoms with Gasteiger partial charge in [0, 0.05) is 25.0 Å². The number of carbonyl (C=O) groups is 1. The molecule has 0 aromatic carbocycles. The third-order valence-electron chi connectivity index (χ3n) is 1.71. The molecule has 0 amide bonds. The van der Waals surface area contributed by atoms with Gasteiger partial charge in [0.1, 0.15) is 0 Å². The van der Waals surface area contributed by atoms with Crippen LogP contribution < -0.4 is 5.32 Å². The maximum atomic E-state index is 10.7. The highest BCUT2D eigenvalue weighted by molar-refractivity contribution is 5.69. The van der Waals surface area contributed by atoms with Crippen LogP contribution in [0, 0.1) is 0 Å². The number of hydrogen-bond acceptors (Lipinski definition) is 3. The molecule has 4 nitrogen and oxygen atoms in total. The van der Waals surface area contributed by atoms with Crippen molar-refractivity contribution in [2.24, 2.45) is 0 Å². The molecular formula is C9H14N2O2. The van der Waals surface area contributed by atoms with E-state index >= 15 is 0 Å². The summed E-state index contributed by atoms with van der Waals surface area (Å²) >= 11 is 0. The molecule has 0 aliphatic carbocycles. The molecule has 0 aliphatic rings. The maximum absolute atomic E-state index is 10.7. The van der Waals surface area contributed by atoms with E-state index in [-0.39, 0.29) is 5.97 Å². The lowest BCUT2D eigenvalue weighted by atomic mass is 10.4. The van der Waals surface area contributed by atoms with Crippen molar-refractivity contribution in [1.29, 1.82) is 0 Å². The fourth-order valence-electron chi connectivity index (χ4n) is 0.993. The molecule has 0 spiro atoms. The van der Waals surface area contributed by atoms with Crippen molar-refractivity contribution in [2.75, 3.05) is 13.7 Å². The summed E-state index contributed by atoms with van der Waals surface area (Å²) in [7, 11) is 1.40. The van der Waals surface area contributed by atoms with Gasteiger partial charge in [0.2, 0.25) is 0 Å². The summed E-state index contributed by atoms with van der Waals surface area (Å²) in [6, 6.07) is 3.93. The molecule has 0 unspecified atom stereocenters. The van der Waals surface area contributed by atoms with Crippen LogP contribution in [0.1, 0.15) is 12.1 Å². The number of H-pyrrole nitrogens is 1. The molecule has 0 saturated heterocycles. The van der Waals surface area contributed by atoms with Gasteiger partial charge in [0.15, 0.2) is 0 Å². The normalized spacial score (nSPS) is 9.92. The van der Waals surface area contributed by atoms with E-state index in [1.165, 1.54) is 7.11 Å². The second-order valence-corrected chi connectivity index (χ2v) is 2.70. The van der Waals surface area contributed by atoms with Crippen molar-refractivity contribution in [2.45, 2.75) is 13.0 Å². The quantitative estimate of drug-likeness (QED) is 0.519. The highest BCUT2D eigenvalue weighted by Gasteiger charge is 1.98. The molecule has 1 heterocycles. The van der Waals surface area contributed by atoms with E-state index in [1.54, 1.807) is 0 Å². The zero-order chi connectivity index (χ0) is 9.52. The van der Waals surface area contributed by atoms with E-state index < -0.39 is 0 Å². The van der Waals surface area contributed by atoms with Crippen LogP contribution in [0.25, 0.3) is 0 Å². The number of aromatic nitrogens is 1. The van der Waals surface area contributed by atoms with Crippen molar-refractivity contribution in [1.82, 2.24) is 10.3 Å². The third kappa shape index (κ3) is 3.75. The SMILES string of the molecule is COC(=O)CCNCc1ccc[nH]1. The number of esters is 1. The summed E-state index contributed by atoms with van der Waals surface area (Å²) in [5.74, 6) is -0.181. The van der Waals surface area contributed by atoms with Gasteiger partial charge in [-0.15, -0.1) is 0 Å². The summed E-state index contributed by atoms with van der Waals surface area (Å²) in [6.07, 6.45) is 2.29. The zero-order valence-corrected chi connectivity index (χ0v) is 7.67. The Balaban J connectivity index is 2.05. The first-order valence-electron chi connectivity index (χ1n) is 4.22. The summed E-state index contributed by atoms with van der Waals surface area (Å²) < 4.78 is 4.50. The molecular weight excluding hydrogens is 168 g/mol. The first kappa shape index (κ1) is 9.80. The van der Waals surface area contributed by atoms with Crippen LogP contribution in [0.5, 0.6) is 0 Å². The van der Waals surface area contributed by atoms with E-state index in [4.69, 9.17) is 0 Å². The zero-order valence-electron chi connectivity index (χ0n) is 7.67. The van der Waals surface area contributed by atoms with Gasteiger partial charge in [-0.05, 0) is 12.1 Å². The topological polar surface area (TPSA) is 54.1 Å². The molecule has 1 rings (SSSR count). The first-order valence-corrected chi connectivity index (χ1v) is 4.22. The number of aromatic amines is 1. The smallest absolute Gasteiger partial charge is 0.306 e. The van der Waals surface area contributed by atoms with E-state index in [2.05, 4.69) is 15.0 Å². The van der Waals surface area contributed by atoms with Crippen LogP contribution in [0.4, 0.5) is 0 Å². The van der Waals surface area contributed by atoms with Crippen molar-refractivity contribution in [3.63, 3.8) is 0 Å². The molecule has 0 fully saturated rings. The highest BCUT2D eigenvalue weighted by atomic mass is 16.5. The van der Waals surface area contributed by atoms with Crippen LogP contribution in [-0.2, 0) is 16.1 Å². The van der Waals surface area contributed by atoms with Crippen LogP contribution >= 0.6 is 0 Å². The van der Waals surface area contributed by atoms with Crippen LogP contribution in [0.2, 0.25) is 0 Å². The molecule has 1 aromatic rings. The van der Waals surface area contributed by atoms with Crippen molar-refractivity contribution < 1.29 is 9.53 Å². The molecule has 0 aliphatic heterocycles. The Kier molecular flexibility index (Phi) is 4.05. The number of rotatable bonds is 5. The predicted octanol–water partition coefficient (Wildman–Crippen LogP) is 0.667. The van der Waals surface area contributed by atoms with E-state index in [1.807, 2.05) is 18.3 Å². The second-order valence-electron chi connectivity index (χ2n) is 2.70. The summed E-state index contributed by atoms with van der Waals surface area (Å²) in [5.41, 5.74) is 1.12. The van der Waals surface area contributed by atoms with Crippen LogP contribution in [-0.4, -0.2) is 24.6 Å². The number of hydrogen-bond donors (Lipinski definition) is 2. The molecule has 0 saturated carbocycles. The fourth-order valence-corrected chi connectivity index (χ4v) is 0.993. The molecule has 0 bridgehead atoms. The van der Waals surface area contributed by atoms with Crippen LogP contribution in [0.3, 0.4) is 0 Å². The Bertz CT molecular complexity index is 244. The summed E-state index contributed by atoms with van der Waals surface area (Å²) in [5, 5.41) is 3.12. The molecule has 2 N–H and O–H groups in total. The fraction of sp³-hybridized carbons (Fsp3) is 0.444. The van der Waals surface area contributed by atoms with Gasteiger partial charge in [-0.2, -0.15) is 0 Å². The predicted molar refractivity (Wildman–Crippen MR) is 49.1 cm³/mol. The van der Waals surface area contributed by atoms with Gasteiger partial charge in [0.05, 0.1) is 13.5 Å². The first-order chi connectivity index (χ1) is 6.33. The van der Waals surface area contributed by atoms with Crippen molar-refractivity contribution in [3.05, 3.63) is 24.0 Å². The van der Waals surface area contributed by atoms with Gasteiger partial charge in [-0.3, -0.25) is 4.79 Å². The largest absolute Gasteiger partial charge is 0.469 e. The second kappa shape index (κ2) is 5.37. The molecule has 1 aromatic heterocycles. The van der Waals surface area contributed by atoms with E-state index in [0.717, 1.165) is 12.2 Å².